The average Bonchev–Trinajstić information content (AvgIpc) is 2.79. The molecule has 4 aliphatic carbocycles. The highest BCUT2D eigenvalue weighted by Crippen LogP contribution is 2.61. The SMILES string of the molecule is Cc1cc(Nc2ccc(C34CC5CC(CC(C5)C3)C4)cc2Cl)cc(Nc2ncccc2C(=O)O)c1. The molecule has 0 aliphatic heterocycles. The first kappa shape index (κ1) is 22.4. The zero-order valence-corrected chi connectivity index (χ0v) is 20.6. The number of pyridine rings is 1. The van der Waals surface area contributed by atoms with Crippen LogP contribution in [-0.2, 0) is 5.41 Å². The van der Waals surface area contributed by atoms with E-state index in [-0.39, 0.29) is 5.56 Å². The van der Waals surface area contributed by atoms with Crippen LogP contribution in [0.1, 0.15) is 60.0 Å². The van der Waals surface area contributed by atoms with Gasteiger partial charge in [-0.25, -0.2) is 9.78 Å². The summed E-state index contributed by atoms with van der Waals surface area (Å²) in [6, 6.07) is 15.7. The Balaban J connectivity index is 1.24. The molecule has 0 unspecified atom stereocenters. The molecule has 6 heteroatoms. The zero-order valence-electron chi connectivity index (χ0n) is 19.9. The number of carboxylic acid groups (broad SMARTS) is 1. The van der Waals surface area contributed by atoms with Crippen LogP contribution in [0.3, 0.4) is 0 Å². The number of aromatic nitrogens is 1. The summed E-state index contributed by atoms with van der Waals surface area (Å²) >= 11 is 6.83. The number of aromatic carboxylic acids is 1. The van der Waals surface area contributed by atoms with Gasteiger partial charge < -0.3 is 15.7 Å². The van der Waals surface area contributed by atoms with Crippen molar-refractivity contribution in [2.45, 2.75) is 50.9 Å². The van der Waals surface area contributed by atoms with Crippen LogP contribution < -0.4 is 10.6 Å². The fourth-order valence-corrected chi connectivity index (χ4v) is 7.54. The molecule has 4 saturated carbocycles. The van der Waals surface area contributed by atoms with Crippen molar-refractivity contribution in [3.8, 4) is 0 Å². The minimum atomic E-state index is -1.02. The zero-order chi connectivity index (χ0) is 24.2. The second-order valence-electron chi connectivity index (χ2n) is 10.9. The summed E-state index contributed by atoms with van der Waals surface area (Å²) in [4.78, 5) is 15.8. The number of hydrogen-bond donors (Lipinski definition) is 3. The Bertz CT molecular complexity index is 1270. The Hall–Kier alpha value is -3.05. The van der Waals surface area contributed by atoms with Crippen LogP contribution in [0.5, 0.6) is 0 Å². The van der Waals surface area contributed by atoms with Crippen molar-refractivity contribution < 1.29 is 9.90 Å². The van der Waals surface area contributed by atoms with E-state index in [2.05, 4.69) is 33.8 Å². The van der Waals surface area contributed by atoms with Crippen molar-refractivity contribution in [1.29, 1.82) is 0 Å². The molecule has 5 nitrogen and oxygen atoms in total. The highest BCUT2D eigenvalue weighted by molar-refractivity contribution is 6.33. The molecule has 35 heavy (non-hydrogen) atoms. The first-order chi connectivity index (χ1) is 16.9. The maximum atomic E-state index is 11.5. The molecule has 1 aromatic heterocycles. The van der Waals surface area contributed by atoms with Gasteiger partial charge in [-0.2, -0.15) is 0 Å². The van der Waals surface area contributed by atoms with Gasteiger partial charge in [-0.05, 0) is 122 Å². The number of anilines is 4. The molecule has 0 atom stereocenters. The number of hydrogen-bond acceptors (Lipinski definition) is 4. The van der Waals surface area contributed by atoms with Crippen molar-refractivity contribution >= 4 is 40.5 Å². The Morgan fingerprint density at radius 1 is 0.971 bits per heavy atom. The molecule has 4 fully saturated rings. The summed E-state index contributed by atoms with van der Waals surface area (Å²) in [5.74, 6) is 2.00. The van der Waals surface area contributed by atoms with Crippen LogP contribution in [-0.4, -0.2) is 16.1 Å². The molecule has 4 aliphatic rings. The van der Waals surface area contributed by atoms with Gasteiger partial charge in [0, 0.05) is 17.6 Å². The van der Waals surface area contributed by atoms with Crippen molar-refractivity contribution in [3.05, 3.63) is 76.4 Å². The van der Waals surface area contributed by atoms with Crippen molar-refractivity contribution in [2.75, 3.05) is 10.6 Å². The molecule has 3 aromatic rings. The third kappa shape index (κ3) is 4.27. The Labute approximate surface area is 210 Å². The van der Waals surface area contributed by atoms with E-state index in [1.54, 1.807) is 12.3 Å². The number of carbonyl (C=O) groups is 1. The van der Waals surface area contributed by atoms with Crippen LogP contribution in [0.2, 0.25) is 5.02 Å². The fraction of sp³-hybridized carbons (Fsp3) is 0.379. The molecule has 1 heterocycles. The Morgan fingerprint density at radius 2 is 1.63 bits per heavy atom. The minimum absolute atomic E-state index is 0.131. The topological polar surface area (TPSA) is 74.2 Å². The summed E-state index contributed by atoms with van der Waals surface area (Å²) in [6.45, 7) is 2.00. The molecular weight excluding hydrogens is 458 g/mol. The standard InChI is InChI=1S/C29H30ClN3O2/c1-17-7-22(13-23(8-17)33-27-24(28(34)35)3-2-6-31-27)32-26-5-4-21(12-25(26)30)29-14-18-9-19(15-29)11-20(10-18)16-29/h2-8,12-13,18-20,32H,9-11,14-16H2,1H3,(H,31,33)(H,34,35). The predicted octanol–water partition coefficient (Wildman–Crippen LogP) is 7.70. The van der Waals surface area contributed by atoms with Gasteiger partial charge >= 0.3 is 5.97 Å². The van der Waals surface area contributed by atoms with E-state index < -0.39 is 5.97 Å². The summed E-state index contributed by atoms with van der Waals surface area (Å²) in [5, 5.41) is 16.8. The van der Waals surface area contributed by atoms with Crippen LogP contribution in [0.25, 0.3) is 0 Å². The predicted molar refractivity (Wildman–Crippen MR) is 140 cm³/mol. The van der Waals surface area contributed by atoms with Crippen LogP contribution in [0.4, 0.5) is 22.9 Å². The third-order valence-corrected chi connectivity index (χ3v) is 8.59. The first-order valence-corrected chi connectivity index (χ1v) is 12.9. The van der Waals surface area contributed by atoms with Gasteiger partial charge in [0.05, 0.1) is 10.7 Å². The van der Waals surface area contributed by atoms with E-state index in [9.17, 15) is 9.90 Å². The van der Waals surface area contributed by atoms with Crippen LogP contribution in [0, 0.1) is 24.7 Å². The van der Waals surface area contributed by atoms with Gasteiger partial charge in [0.15, 0.2) is 0 Å². The molecule has 3 N–H and O–H groups in total. The van der Waals surface area contributed by atoms with Crippen molar-refractivity contribution in [1.82, 2.24) is 4.98 Å². The second-order valence-corrected chi connectivity index (χ2v) is 11.3. The van der Waals surface area contributed by atoms with E-state index in [4.69, 9.17) is 11.6 Å². The number of carboxylic acids is 1. The quantitative estimate of drug-likeness (QED) is 0.332. The number of nitrogens with one attached hydrogen (secondary N) is 2. The van der Waals surface area contributed by atoms with Crippen molar-refractivity contribution in [2.24, 2.45) is 17.8 Å². The lowest BCUT2D eigenvalue weighted by atomic mass is 9.48. The van der Waals surface area contributed by atoms with Gasteiger partial charge in [-0.15, -0.1) is 0 Å². The van der Waals surface area contributed by atoms with Crippen LogP contribution >= 0.6 is 11.6 Å². The maximum Gasteiger partial charge on any atom is 0.339 e. The average molecular weight is 488 g/mol. The molecule has 0 saturated heterocycles. The minimum Gasteiger partial charge on any atom is -0.478 e. The summed E-state index contributed by atoms with van der Waals surface area (Å²) in [7, 11) is 0. The highest BCUT2D eigenvalue weighted by atomic mass is 35.5. The summed E-state index contributed by atoms with van der Waals surface area (Å²) < 4.78 is 0. The number of benzene rings is 2. The Morgan fingerprint density at radius 3 is 2.26 bits per heavy atom. The first-order valence-electron chi connectivity index (χ1n) is 12.5. The Kier molecular flexibility index (Phi) is 5.48. The molecule has 7 rings (SSSR count). The molecular formula is C29H30ClN3O2. The third-order valence-electron chi connectivity index (χ3n) is 8.28. The largest absolute Gasteiger partial charge is 0.478 e. The van der Waals surface area contributed by atoms with Gasteiger partial charge in [0.1, 0.15) is 11.4 Å². The fourth-order valence-electron chi connectivity index (χ4n) is 7.31. The van der Waals surface area contributed by atoms with Gasteiger partial charge in [-0.3, -0.25) is 0 Å². The highest BCUT2D eigenvalue weighted by Gasteiger charge is 2.51. The summed E-state index contributed by atoms with van der Waals surface area (Å²) in [6.07, 6.45) is 9.84. The maximum absolute atomic E-state index is 11.5. The van der Waals surface area contributed by atoms with Crippen molar-refractivity contribution in [3.63, 3.8) is 0 Å². The molecule has 0 radical (unpaired) electrons. The lowest BCUT2D eigenvalue weighted by Crippen LogP contribution is -2.48. The monoisotopic (exact) mass is 487 g/mol. The normalized spacial score (nSPS) is 26.5. The van der Waals surface area contributed by atoms with Gasteiger partial charge in [-0.1, -0.05) is 17.7 Å². The summed E-state index contributed by atoms with van der Waals surface area (Å²) in [5.41, 5.74) is 5.41. The van der Waals surface area contributed by atoms with Gasteiger partial charge in [0.2, 0.25) is 0 Å². The lowest BCUT2D eigenvalue weighted by molar-refractivity contribution is -0.00518. The molecule has 4 bridgehead atoms. The second kappa shape index (κ2) is 8.56. The number of halogens is 1. The van der Waals surface area contributed by atoms with E-state index in [0.29, 0.717) is 11.2 Å². The van der Waals surface area contributed by atoms with E-state index in [1.807, 2.05) is 25.1 Å². The lowest BCUT2D eigenvalue weighted by Gasteiger charge is -2.57. The number of rotatable bonds is 6. The smallest absolute Gasteiger partial charge is 0.339 e. The van der Waals surface area contributed by atoms with Gasteiger partial charge in [0.25, 0.3) is 0 Å². The molecule has 0 amide bonds. The molecule has 0 spiro atoms. The van der Waals surface area contributed by atoms with E-state index >= 15 is 0 Å². The number of aryl methyl sites for hydroxylation is 1. The molecule has 180 valence electrons. The van der Waals surface area contributed by atoms with Crippen LogP contribution in [0.15, 0.2) is 54.7 Å². The molecule has 2 aromatic carbocycles. The van der Waals surface area contributed by atoms with E-state index in [1.165, 1.54) is 50.2 Å². The van der Waals surface area contributed by atoms with E-state index in [0.717, 1.165) is 45.4 Å². The number of nitrogens with zero attached hydrogens (tertiary/aromatic N) is 1.